The number of aromatic nitrogens is 1. The molecule has 0 unspecified atom stereocenters. The number of hydrogen-bond donors (Lipinski definition) is 1. The first kappa shape index (κ1) is 16.1. The molecule has 3 rings (SSSR count). The first-order valence-corrected chi connectivity index (χ1v) is 8.84. The van der Waals surface area contributed by atoms with E-state index in [0.717, 1.165) is 29.5 Å². The lowest BCUT2D eigenvalue weighted by Gasteiger charge is -2.24. The van der Waals surface area contributed by atoms with Crippen molar-refractivity contribution in [3.05, 3.63) is 41.6 Å². The average Bonchev–Trinajstić information content (AvgIpc) is 2.88. The van der Waals surface area contributed by atoms with Crippen LogP contribution in [0, 0.1) is 0 Å². The van der Waals surface area contributed by atoms with Crippen LogP contribution in [-0.2, 0) is 16.2 Å². The molecular formula is C15H15F3N2O2S. The van der Waals surface area contributed by atoms with Crippen molar-refractivity contribution >= 4 is 26.5 Å². The molecule has 0 atom stereocenters. The predicted octanol–water partition coefficient (Wildman–Crippen LogP) is 3.24. The topological polar surface area (TPSA) is 53.2 Å². The molecule has 2 heterocycles. The van der Waals surface area contributed by atoms with E-state index in [2.05, 4.69) is 4.98 Å². The van der Waals surface area contributed by atoms with E-state index in [1.54, 1.807) is 6.20 Å². The monoisotopic (exact) mass is 344 g/mol. The molecule has 1 N–H and O–H groups in total. The van der Waals surface area contributed by atoms with Gasteiger partial charge in [0.15, 0.2) is 0 Å². The molecule has 4 nitrogen and oxygen atoms in total. The van der Waals surface area contributed by atoms with Gasteiger partial charge in [0.05, 0.1) is 11.8 Å². The van der Waals surface area contributed by atoms with Crippen molar-refractivity contribution < 1.29 is 21.6 Å². The second kappa shape index (κ2) is 5.38. The molecule has 23 heavy (non-hydrogen) atoms. The van der Waals surface area contributed by atoms with Crippen LogP contribution in [0.25, 0.3) is 16.5 Å². The second-order valence-corrected chi connectivity index (χ2v) is 7.54. The maximum Gasteiger partial charge on any atom is 0.416 e. The van der Waals surface area contributed by atoms with Crippen LogP contribution in [0.5, 0.6) is 0 Å². The minimum Gasteiger partial charge on any atom is -0.361 e. The maximum absolute atomic E-state index is 12.7. The van der Waals surface area contributed by atoms with Gasteiger partial charge in [-0.1, -0.05) is 12.1 Å². The normalized spacial score (nSPS) is 17.5. The second-order valence-electron chi connectivity index (χ2n) is 5.56. The summed E-state index contributed by atoms with van der Waals surface area (Å²) in [6.07, 6.45) is 0.800. The lowest BCUT2D eigenvalue weighted by atomic mass is 9.99. The highest BCUT2D eigenvalue weighted by atomic mass is 32.2. The summed E-state index contributed by atoms with van der Waals surface area (Å²) in [6.45, 7) is 0.652. The number of H-pyrrole nitrogens is 1. The SMILES string of the molecule is CS(=O)(=O)N1CC=C(c2c[nH]c3cc(C(F)(F)F)ccc23)CC1. The standard InChI is InChI=1S/C15H15F3N2O2S/c1-23(21,22)20-6-4-10(5-7-20)13-9-19-14-8-11(15(16,17)18)2-3-12(13)14/h2-4,8-9,19H,5-7H2,1H3. The zero-order valence-electron chi connectivity index (χ0n) is 12.3. The quantitative estimate of drug-likeness (QED) is 0.909. The van der Waals surface area contributed by atoms with Crippen molar-refractivity contribution in [2.24, 2.45) is 0 Å². The fraction of sp³-hybridized carbons (Fsp3) is 0.333. The van der Waals surface area contributed by atoms with Crippen molar-refractivity contribution in [2.75, 3.05) is 19.3 Å². The Kier molecular flexibility index (Phi) is 3.76. The van der Waals surface area contributed by atoms with Crippen LogP contribution in [0.4, 0.5) is 13.2 Å². The summed E-state index contributed by atoms with van der Waals surface area (Å²) in [5.41, 5.74) is 1.48. The minimum atomic E-state index is -4.38. The number of hydrogen-bond acceptors (Lipinski definition) is 2. The smallest absolute Gasteiger partial charge is 0.361 e. The van der Waals surface area contributed by atoms with Crippen molar-refractivity contribution in [1.82, 2.24) is 9.29 Å². The zero-order chi connectivity index (χ0) is 16.8. The number of nitrogens with zero attached hydrogens (tertiary/aromatic N) is 1. The summed E-state index contributed by atoms with van der Waals surface area (Å²) >= 11 is 0. The molecule has 2 aromatic rings. The van der Waals surface area contributed by atoms with E-state index >= 15 is 0 Å². The highest BCUT2D eigenvalue weighted by Gasteiger charge is 2.31. The molecule has 1 aliphatic rings. The molecule has 124 valence electrons. The summed E-state index contributed by atoms with van der Waals surface area (Å²) in [4.78, 5) is 2.87. The van der Waals surface area contributed by atoms with Gasteiger partial charge in [0.1, 0.15) is 0 Å². The van der Waals surface area contributed by atoms with Gasteiger partial charge in [-0.15, -0.1) is 0 Å². The molecular weight excluding hydrogens is 329 g/mol. The molecule has 1 aromatic carbocycles. The van der Waals surface area contributed by atoms with E-state index < -0.39 is 21.8 Å². The lowest BCUT2D eigenvalue weighted by Crippen LogP contribution is -2.33. The van der Waals surface area contributed by atoms with E-state index in [-0.39, 0.29) is 6.54 Å². The van der Waals surface area contributed by atoms with Crippen molar-refractivity contribution in [3.63, 3.8) is 0 Å². The fourth-order valence-electron chi connectivity index (χ4n) is 2.76. The van der Waals surface area contributed by atoms with Crippen molar-refractivity contribution in [2.45, 2.75) is 12.6 Å². The average molecular weight is 344 g/mol. The Balaban J connectivity index is 1.95. The number of benzene rings is 1. The Morgan fingerprint density at radius 1 is 1.26 bits per heavy atom. The zero-order valence-corrected chi connectivity index (χ0v) is 13.1. The Hall–Kier alpha value is -1.80. The summed E-state index contributed by atoms with van der Waals surface area (Å²) in [5, 5.41) is 0.706. The van der Waals surface area contributed by atoms with Gasteiger partial charge in [-0.3, -0.25) is 0 Å². The van der Waals surface area contributed by atoms with Crippen LogP contribution in [0.15, 0.2) is 30.5 Å². The highest BCUT2D eigenvalue weighted by Crippen LogP contribution is 2.34. The van der Waals surface area contributed by atoms with Gasteiger partial charge >= 0.3 is 6.18 Å². The lowest BCUT2D eigenvalue weighted by molar-refractivity contribution is -0.137. The Labute approximate surface area is 131 Å². The molecule has 0 amide bonds. The number of sulfonamides is 1. The Bertz CT molecular complexity index is 882. The fourth-order valence-corrected chi connectivity index (χ4v) is 3.53. The number of nitrogens with one attached hydrogen (secondary N) is 1. The summed E-state index contributed by atoms with van der Waals surface area (Å²) in [7, 11) is -3.23. The van der Waals surface area contributed by atoms with Gasteiger partial charge in [-0.05, 0) is 24.1 Å². The van der Waals surface area contributed by atoms with Crippen LogP contribution in [-0.4, -0.2) is 37.1 Å². The third-order valence-corrected chi connectivity index (χ3v) is 5.27. The van der Waals surface area contributed by atoms with Crippen LogP contribution in [0.1, 0.15) is 17.5 Å². The number of aromatic amines is 1. The highest BCUT2D eigenvalue weighted by molar-refractivity contribution is 7.88. The molecule has 0 saturated carbocycles. The summed E-state index contributed by atoms with van der Waals surface area (Å²) in [6, 6.07) is 3.60. The van der Waals surface area contributed by atoms with Gasteiger partial charge in [0.25, 0.3) is 0 Å². The Morgan fingerprint density at radius 2 is 2.00 bits per heavy atom. The van der Waals surface area contributed by atoms with E-state index in [1.807, 2.05) is 6.08 Å². The van der Waals surface area contributed by atoms with Crippen LogP contribution in [0.3, 0.4) is 0 Å². The largest absolute Gasteiger partial charge is 0.416 e. The molecule has 1 aliphatic heterocycles. The summed E-state index contributed by atoms with van der Waals surface area (Å²) in [5.74, 6) is 0. The van der Waals surface area contributed by atoms with E-state index in [0.29, 0.717) is 23.9 Å². The predicted molar refractivity (Wildman–Crippen MR) is 82.3 cm³/mol. The third kappa shape index (κ3) is 3.13. The maximum atomic E-state index is 12.7. The number of rotatable bonds is 2. The van der Waals surface area contributed by atoms with E-state index in [4.69, 9.17) is 0 Å². The molecule has 0 radical (unpaired) electrons. The van der Waals surface area contributed by atoms with Gasteiger partial charge in [-0.25, -0.2) is 8.42 Å². The molecule has 0 bridgehead atoms. The van der Waals surface area contributed by atoms with Gasteiger partial charge in [-0.2, -0.15) is 17.5 Å². The minimum absolute atomic E-state index is 0.279. The van der Waals surface area contributed by atoms with Gasteiger partial charge in [0.2, 0.25) is 10.0 Å². The van der Waals surface area contributed by atoms with Gasteiger partial charge in [0, 0.05) is 35.8 Å². The number of fused-ring (bicyclic) bond motifs is 1. The first-order valence-electron chi connectivity index (χ1n) is 6.99. The Morgan fingerprint density at radius 3 is 2.57 bits per heavy atom. The van der Waals surface area contributed by atoms with Crippen molar-refractivity contribution in [1.29, 1.82) is 0 Å². The molecule has 1 aromatic heterocycles. The molecule has 0 saturated heterocycles. The summed E-state index contributed by atoms with van der Waals surface area (Å²) < 4.78 is 62.6. The number of halogens is 3. The third-order valence-electron chi connectivity index (χ3n) is 4.00. The van der Waals surface area contributed by atoms with Gasteiger partial charge < -0.3 is 4.98 Å². The van der Waals surface area contributed by atoms with Crippen LogP contribution >= 0.6 is 0 Å². The van der Waals surface area contributed by atoms with E-state index in [9.17, 15) is 21.6 Å². The molecule has 0 spiro atoms. The van der Waals surface area contributed by atoms with Crippen LogP contribution in [0.2, 0.25) is 0 Å². The van der Waals surface area contributed by atoms with E-state index in [1.165, 1.54) is 10.4 Å². The number of alkyl halides is 3. The first-order chi connectivity index (χ1) is 10.7. The molecule has 0 aliphatic carbocycles. The van der Waals surface area contributed by atoms with Crippen molar-refractivity contribution in [3.8, 4) is 0 Å². The van der Waals surface area contributed by atoms with Crippen LogP contribution < -0.4 is 0 Å². The molecule has 0 fully saturated rings. The molecule has 8 heteroatoms.